The van der Waals surface area contributed by atoms with Gasteiger partial charge in [0.2, 0.25) is 0 Å². The number of rotatable bonds is 4. The Morgan fingerprint density at radius 2 is 1.80 bits per heavy atom. The first-order chi connectivity index (χ1) is 9.47. The SMILES string of the molecule is C[C@H](N)c1cc(F)ccc1OCc1ccc(F)cc1Cl. The highest BCUT2D eigenvalue weighted by Gasteiger charge is 2.11. The van der Waals surface area contributed by atoms with Gasteiger partial charge in [0.25, 0.3) is 0 Å². The minimum absolute atomic E-state index is 0.157. The van der Waals surface area contributed by atoms with Crippen LogP contribution in [0.4, 0.5) is 8.78 Å². The van der Waals surface area contributed by atoms with Crippen molar-refractivity contribution in [1.29, 1.82) is 0 Å². The van der Waals surface area contributed by atoms with Crippen LogP contribution in [0.5, 0.6) is 5.75 Å². The molecular weight excluding hydrogens is 284 g/mol. The molecule has 2 nitrogen and oxygen atoms in total. The molecule has 2 rings (SSSR count). The number of hydrogen-bond acceptors (Lipinski definition) is 2. The van der Waals surface area contributed by atoms with Crippen LogP contribution in [0.2, 0.25) is 5.02 Å². The Balaban J connectivity index is 2.18. The summed E-state index contributed by atoms with van der Waals surface area (Å²) in [5.74, 6) is -0.289. The van der Waals surface area contributed by atoms with E-state index >= 15 is 0 Å². The maximum Gasteiger partial charge on any atom is 0.124 e. The second-order valence-corrected chi connectivity index (χ2v) is 4.90. The minimum Gasteiger partial charge on any atom is -0.489 e. The van der Waals surface area contributed by atoms with Gasteiger partial charge < -0.3 is 10.5 Å². The predicted molar refractivity (Wildman–Crippen MR) is 74.7 cm³/mol. The second kappa shape index (κ2) is 6.20. The van der Waals surface area contributed by atoms with Gasteiger partial charge in [-0.2, -0.15) is 0 Å². The molecule has 1 atom stereocenters. The highest BCUT2D eigenvalue weighted by atomic mass is 35.5. The average Bonchev–Trinajstić information content (AvgIpc) is 2.38. The summed E-state index contributed by atoms with van der Waals surface area (Å²) >= 11 is 5.92. The number of nitrogens with two attached hydrogens (primary N) is 1. The van der Waals surface area contributed by atoms with Crippen LogP contribution in [0.3, 0.4) is 0 Å². The first-order valence-corrected chi connectivity index (χ1v) is 6.47. The maximum atomic E-state index is 13.2. The molecule has 0 aliphatic carbocycles. The van der Waals surface area contributed by atoms with Crippen molar-refractivity contribution in [2.45, 2.75) is 19.6 Å². The van der Waals surface area contributed by atoms with Crippen molar-refractivity contribution in [3.8, 4) is 5.75 Å². The van der Waals surface area contributed by atoms with Gasteiger partial charge in [-0.25, -0.2) is 8.78 Å². The van der Waals surface area contributed by atoms with Crippen LogP contribution in [-0.4, -0.2) is 0 Å². The maximum absolute atomic E-state index is 13.2. The van der Waals surface area contributed by atoms with Gasteiger partial charge in [0.05, 0.1) is 5.02 Å². The second-order valence-electron chi connectivity index (χ2n) is 4.50. The van der Waals surface area contributed by atoms with Crippen LogP contribution in [0, 0.1) is 11.6 Å². The van der Waals surface area contributed by atoms with Crippen LogP contribution in [-0.2, 0) is 6.61 Å². The van der Waals surface area contributed by atoms with Gasteiger partial charge in [-0.05, 0) is 37.3 Å². The van der Waals surface area contributed by atoms with Gasteiger partial charge in [-0.15, -0.1) is 0 Å². The molecule has 2 aromatic rings. The lowest BCUT2D eigenvalue weighted by Crippen LogP contribution is -2.08. The fraction of sp³-hybridized carbons (Fsp3) is 0.200. The molecule has 2 aromatic carbocycles. The molecule has 0 radical (unpaired) electrons. The van der Waals surface area contributed by atoms with E-state index in [2.05, 4.69) is 0 Å². The summed E-state index contributed by atoms with van der Waals surface area (Å²) in [4.78, 5) is 0. The molecule has 0 heterocycles. The van der Waals surface area contributed by atoms with E-state index in [-0.39, 0.29) is 23.5 Å². The van der Waals surface area contributed by atoms with E-state index in [1.807, 2.05) is 0 Å². The topological polar surface area (TPSA) is 35.2 Å². The molecular formula is C15H14ClF2NO. The molecule has 0 saturated carbocycles. The zero-order chi connectivity index (χ0) is 14.7. The first-order valence-electron chi connectivity index (χ1n) is 6.09. The summed E-state index contributed by atoms with van der Waals surface area (Å²) in [5.41, 5.74) is 7.00. The van der Waals surface area contributed by atoms with Gasteiger partial charge in [0, 0.05) is 17.2 Å². The van der Waals surface area contributed by atoms with E-state index in [0.29, 0.717) is 16.9 Å². The minimum atomic E-state index is -0.406. The lowest BCUT2D eigenvalue weighted by Gasteiger charge is -2.14. The fourth-order valence-electron chi connectivity index (χ4n) is 1.80. The van der Waals surface area contributed by atoms with Crippen LogP contribution in [0.1, 0.15) is 24.1 Å². The Kier molecular flexibility index (Phi) is 4.57. The molecule has 0 unspecified atom stereocenters. The van der Waals surface area contributed by atoms with Crippen molar-refractivity contribution in [1.82, 2.24) is 0 Å². The molecule has 0 aromatic heterocycles. The van der Waals surface area contributed by atoms with Crippen molar-refractivity contribution in [2.75, 3.05) is 0 Å². The third-order valence-electron chi connectivity index (χ3n) is 2.86. The van der Waals surface area contributed by atoms with Crippen molar-refractivity contribution in [2.24, 2.45) is 5.73 Å². The Hall–Kier alpha value is -1.65. The third-order valence-corrected chi connectivity index (χ3v) is 3.21. The standard InChI is InChI=1S/C15H14ClF2NO/c1-9(19)13-6-11(17)4-5-15(13)20-8-10-2-3-12(18)7-14(10)16/h2-7,9H,8,19H2,1H3/t9-/m0/s1. The summed E-state index contributed by atoms with van der Waals surface area (Å²) in [6, 6.07) is 7.88. The summed E-state index contributed by atoms with van der Waals surface area (Å²) in [6.45, 7) is 1.90. The fourth-order valence-corrected chi connectivity index (χ4v) is 2.02. The Morgan fingerprint density at radius 1 is 1.15 bits per heavy atom. The van der Waals surface area contributed by atoms with Crippen molar-refractivity contribution in [3.63, 3.8) is 0 Å². The number of halogens is 3. The zero-order valence-electron chi connectivity index (χ0n) is 10.9. The number of ether oxygens (including phenoxy) is 1. The molecule has 20 heavy (non-hydrogen) atoms. The lowest BCUT2D eigenvalue weighted by molar-refractivity contribution is 0.301. The summed E-state index contributed by atoms with van der Waals surface area (Å²) < 4.78 is 31.8. The number of hydrogen-bond donors (Lipinski definition) is 1. The largest absolute Gasteiger partial charge is 0.489 e. The highest BCUT2D eigenvalue weighted by Crippen LogP contribution is 2.26. The van der Waals surface area contributed by atoms with Crippen molar-refractivity contribution >= 4 is 11.6 Å². The van der Waals surface area contributed by atoms with Crippen LogP contribution in [0.25, 0.3) is 0 Å². The third kappa shape index (κ3) is 3.46. The summed E-state index contributed by atoms with van der Waals surface area (Å²) in [7, 11) is 0. The number of benzene rings is 2. The van der Waals surface area contributed by atoms with Crippen LogP contribution >= 0.6 is 11.6 Å². The molecule has 0 aliphatic heterocycles. The lowest BCUT2D eigenvalue weighted by atomic mass is 10.1. The molecule has 2 N–H and O–H groups in total. The van der Waals surface area contributed by atoms with E-state index in [1.165, 1.54) is 30.3 Å². The molecule has 0 amide bonds. The highest BCUT2D eigenvalue weighted by molar-refractivity contribution is 6.31. The molecule has 0 saturated heterocycles. The molecule has 0 spiro atoms. The van der Waals surface area contributed by atoms with Gasteiger partial charge in [0.1, 0.15) is 24.0 Å². The molecule has 0 aliphatic rings. The van der Waals surface area contributed by atoms with Gasteiger partial charge >= 0.3 is 0 Å². The van der Waals surface area contributed by atoms with Crippen LogP contribution < -0.4 is 10.5 Å². The normalized spacial score (nSPS) is 12.2. The van der Waals surface area contributed by atoms with E-state index in [9.17, 15) is 8.78 Å². The zero-order valence-corrected chi connectivity index (χ0v) is 11.6. The molecule has 106 valence electrons. The first kappa shape index (κ1) is 14.8. The van der Waals surface area contributed by atoms with Crippen molar-refractivity contribution < 1.29 is 13.5 Å². The van der Waals surface area contributed by atoms with E-state index in [4.69, 9.17) is 22.1 Å². The van der Waals surface area contributed by atoms with E-state index in [1.54, 1.807) is 13.0 Å². The molecule has 5 heteroatoms. The van der Waals surface area contributed by atoms with Crippen LogP contribution in [0.15, 0.2) is 36.4 Å². The smallest absolute Gasteiger partial charge is 0.124 e. The monoisotopic (exact) mass is 297 g/mol. The van der Waals surface area contributed by atoms with E-state index in [0.717, 1.165) is 0 Å². The summed E-state index contributed by atoms with van der Waals surface area (Å²) in [6.07, 6.45) is 0. The predicted octanol–water partition coefficient (Wildman–Crippen LogP) is 4.22. The Labute approximate surface area is 121 Å². The van der Waals surface area contributed by atoms with Crippen molar-refractivity contribution in [3.05, 3.63) is 64.2 Å². The Morgan fingerprint density at radius 3 is 2.45 bits per heavy atom. The van der Waals surface area contributed by atoms with Gasteiger partial charge in [-0.1, -0.05) is 17.7 Å². The quantitative estimate of drug-likeness (QED) is 0.917. The molecule has 0 fully saturated rings. The van der Waals surface area contributed by atoms with Gasteiger partial charge in [-0.3, -0.25) is 0 Å². The van der Waals surface area contributed by atoms with E-state index < -0.39 is 5.82 Å². The average molecular weight is 298 g/mol. The Bertz CT molecular complexity index is 617. The summed E-state index contributed by atoms with van der Waals surface area (Å²) in [5, 5.41) is 0.287. The molecule has 0 bridgehead atoms. The van der Waals surface area contributed by atoms with Gasteiger partial charge in [0.15, 0.2) is 0 Å².